The Labute approximate surface area is 110 Å². The summed E-state index contributed by atoms with van der Waals surface area (Å²) in [7, 11) is 0. The number of carbonyl (C=O) groups excluding carboxylic acids is 1. The lowest BCUT2D eigenvalue weighted by Crippen LogP contribution is -2.34. The van der Waals surface area contributed by atoms with Gasteiger partial charge in [-0.1, -0.05) is 33.6 Å². The van der Waals surface area contributed by atoms with E-state index < -0.39 is 0 Å². The summed E-state index contributed by atoms with van der Waals surface area (Å²) in [5, 5.41) is 9.07. The van der Waals surface area contributed by atoms with Crippen molar-refractivity contribution in [2.45, 2.75) is 51.7 Å². The Morgan fingerprint density at radius 2 is 1.76 bits per heavy atom. The maximum atomic E-state index is 12.0. The van der Waals surface area contributed by atoms with Gasteiger partial charge in [-0.25, -0.2) is 0 Å². The molecule has 1 atom stereocenters. The molecule has 0 aromatic rings. The Morgan fingerprint density at radius 1 is 1.24 bits per heavy atom. The second-order valence-corrected chi connectivity index (χ2v) is 5.82. The van der Waals surface area contributed by atoms with Crippen LogP contribution in [0, 0.1) is 0 Å². The molecule has 3 nitrogen and oxygen atoms in total. The monoisotopic (exact) mass is 261 g/mol. The molecule has 0 heterocycles. The fraction of sp³-hybridized carbons (Fsp3) is 0.923. The summed E-state index contributed by atoms with van der Waals surface area (Å²) < 4.78 is 0. The minimum Gasteiger partial charge on any atom is -0.395 e. The van der Waals surface area contributed by atoms with Gasteiger partial charge in [0.15, 0.2) is 0 Å². The van der Waals surface area contributed by atoms with Gasteiger partial charge in [0, 0.05) is 18.3 Å². The van der Waals surface area contributed by atoms with Crippen LogP contribution < -0.4 is 0 Å². The minimum atomic E-state index is 0.141. The third kappa shape index (κ3) is 8.50. The van der Waals surface area contributed by atoms with Crippen LogP contribution in [-0.2, 0) is 4.79 Å². The molecule has 0 fully saturated rings. The van der Waals surface area contributed by atoms with E-state index in [2.05, 4.69) is 13.8 Å². The predicted octanol–water partition coefficient (Wildman–Crippen LogP) is 2.53. The first-order valence-corrected chi connectivity index (χ1v) is 7.70. The lowest BCUT2D eigenvalue weighted by atomic mass is 10.2. The third-order valence-corrected chi connectivity index (χ3v) is 3.80. The van der Waals surface area contributed by atoms with Gasteiger partial charge in [-0.3, -0.25) is 4.79 Å². The molecule has 1 unspecified atom stereocenters. The van der Waals surface area contributed by atoms with Crippen LogP contribution in [0.3, 0.4) is 0 Å². The molecular formula is C13H27NO2S. The van der Waals surface area contributed by atoms with Crippen LogP contribution in [0.5, 0.6) is 0 Å². The van der Waals surface area contributed by atoms with E-state index in [0.29, 0.717) is 5.75 Å². The maximum absolute atomic E-state index is 12.0. The number of unbranched alkanes of at least 4 members (excludes halogenated alkanes) is 2. The smallest absolute Gasteiger partial charge is 0.232 e. The summed E-state index contributed by atoms with van der Waals surface area (Å²) in [5.74, 6) is 0.715. The molecule has 0 aliphatic carbocycles. The second-order valence-electron chi connectivity index (χ2n) is 4.39. The number of hydrogen-bond acceptors (Lipinski definition) is 3. The number of carbonyl (C=O) groups is 1. The van der Waals surface area contributed by atoms with Gasteiger partial charge in [0.2, 0.25) is 5.91 Å². The lowest BCUT2D eigenvalue weighted by molar-refractivity contribution is -0.128. The van der Waals surface area contributed by atoms with Gasteiger partial charge in [-0.15, -0.1) is 11.8 Å². The van der Waals surface area contributed by atoms with Crippen LogP contribution in [0.4, 0.5) is 0 Å². The predicted molar refractivity (Wildman–Crippen MR) is 75.4 cm³/mol. The highest BCUT2D eigenvalue weighted by atomic mass is 32.2. The van der Waals surface area contributed by atoms with E-state index in [1.54, 1.807) is 0 Å². The van der Waals surface area contributed by atoms with Crippen LogP contribution in [0.2, 0.25) is 0 Å². The molecule has 0 saturated heterocycles. The molecule has 0 rings (SSSR count). The molecular weight excluding hydrogens is 234 g/mol. The van der Waals surface area contributed by atoms with Crippen molar-refractivity contribution < 1.29 is 9.90 Å². The van der Waals surface area contributed by atoms with E-state index in [4.69, 9.17) is 5.11 Å². The quantitative estimate of drug-likeness (QED) is 0.657. The zero-order valence-electron chi connectivity index (χ0n) is 11.4. The first-order chi connectivity index (χ1) is 8.15. The van der Waals surface area contributed by atoms with Gasteiger partial charge in [0.05, 0.1) is 12.4 Å². The van der Waals surface area contributed by atoms with Crippen molar-refractivity contribution in [3.05, 3.63) is 0 Å². The summed E-state index contributed by atoms with van der Waals surface area (Å²) in [6.45, 7) is 8.13. The molecule has 0 bridgehead atoms. The molecule has 0 aromatic carbocycles. The Morgan fingerprint density at radius 3 is 2.18 bits per heavy atom. The Bertz CT molecular complexity index is 192. The number of aliphatic hydroxyl groups excluding tert-OH is 1. The Kier molecular flexibility index (Phi) is 10.8. The van der Waals surface area contributed by atoms with Crippen LogP contribution in [0.15, 0.2) is 0 Å². The number of rotatable bonds is 10. The molecule has 1 N–H and O–H groups in total. The van der Waals surface area contributed by atoms with Gasteiger partial charge >= 0.3 is 0 Å². The topological polar surface area (TPSA) is 40.5 Å². The molecule has 0 aliphatic heterocycles. The van der Waals surface area contributed by atoms with Crippen LogP contribution in [-0.4, -0.2) is 46.6 Å². The number of nitrogens with zero attached hydrogens (tertiary/aromatic N) is 1. The van der Waals surface area contributed by atoms with Gasteiger partial charge < -0.3 is 10.0 Å². The van der Waals surface area contributed by atoms with Crippen molar-refractivity contribution in [2.75, 3.05) is 25.4 Å². The number of amides is 1. The first kappa shape index (κ1) is 16.8. The van der Waals surface area contributed by atoms with Crippen molar-refractivity contribution in [1.29, 1.82) is 0 Å². The normalized spacial score (nSPS) is 12.5. The first-order valence-electron chi connectivity index (χ1n) is 6.65. The highest BCUT2D eigenvalue weighted by Gasteiger charge is 2.13. The summed E-state index contributed by atoms with van der Waals surface area (Å²) in [5.41, 5.74) is 0. The molecule has 0 aliphatic rings. The molecule has 0 aromatic heterocycles. The van der Waals surface area contributed by atoms with Gasteiger partial charge in [-0.2, -0.15) is 0 Å². The molecule has 0 saturated carbocycles. The van der Waals surface area contributed by atoms with Gasteiger partial charge in [0.1, 0.15) is 0 Å². The van der Waals surface area contributed by atoms with E-state index in [9.17, 15) is 4.79 Å². The fourth-order valence-electron chi connectivity index (χ4n) is 1.42. The van der Waals surface area contributed by atoms with Crippen LogP contribution >= 0.6 is 11.8 Å². The molecule has 4 heteroatoms. The summed E-state index contributed by atoms with van der Waals surface area (Å²) in [4.78, 5) is 14.0. The fourth-order valence-corrected chi connectivity index (χ4v) is 2.13. The highest BCUT2D eigenvalue weighted by Crippen LogP contribution is 2.11. The van der Waals surface area contributed by atoms with E-state index in [1.165, 1.54) is 11.8 Å². The van der Waals surface area contributed by atoms with Crippen molar-refractivity contribution >= 4 is 17.7 Å². The molecule has 1 amide bonds. The van der Waals surface area contributed by atoms with E-state index in [1.807, 2.05) is 11.8 Å². The standard InChI is InChI=1S/C13H27NO2S/c1-4-6-8-14(9-7-5-2)13(16)11-17-12(3)10-15/h12,15H,4-11H2,1-3H3. The summed E-state index contributed by atoms with van der Waals surface area (Å²) in [6, 6.07) is 0. The third-order valence-electron chi connectivity index (χ3n) is 2.66. The van der Waals surface area contributed by atoms with Crippen LogP contribution in [0.1, 0.15) is 46.5 Å². The average Bonchev–Trinajstić information content (AvgIpc) is 2.35. The van der Waals surface area contributed by atoms with E-state index >= 15 is 0 Å². The van der Waals surface area contributed by atoms with Crippen LogP contribution in [0.25, 0.3) is 0 Å². The second kappa shape index (κ2) is 10.9. The molecule has 0 spiro atoms. The van der Waals surface area contributed by atoms with Gasteiger partial charge in [-0.05, 0) is 12.8 Å². The molecule has 102 valence electrons. The number of thioether (sulfide) groups is 1. The summed E-state index contributed by atoms with van der Waals surface area (Å²) in [6.07, 6.45) is 4.40. The van der Waals surface area contributed by atoms with E-state index in [-0.39, 0.29) is 17.8 Å². The average molecular weight is 261 g/mol. The van der Waals surface area contributed by atoms with Gasteiger partial charge in [0.25, 0.3) is 0 Å². The summed E-state index contributed by atoms with van der Waals surface area (Å²) >= 11 is 1.54. The maximum Gasteiger partial charge on any atom is 0.232 e. The largest absolute Gasteiger partial charge is 0.395 e. The zero-order valence-corrected chi connectivity index (χ0v) is 12.3. The lowest BCUT2D eigenvalue weighted by Gasteiger charge is -2.22. The SMILES string of the molecule is CCCCN(CCCC)C(=O)CSC(C)CO. The Balaban J connectivity index is 4.02. The number of aliphatic hydroxyl groups is 1. The van der Waals surface area contributed by atoms with Crippen molar-refractivity contribution in [1.82, 2.24) is 4.90 Å². The Hall–Kier alpha value is -0.220. The molecule has 17 heavy (non-hydrogen) atoms. The minimum absolute atomic E-state index is 0.141. The highest BCUT2D eigenvalue weighted by molar-refractivity contribution is 8.00. The number of hydrogen-bond donors (Lipinski definition) is 1. The van der Waals surface area contributed by atoms with E-state index in [0.717, 1.165) is 38.8 Å². The zero-order chi connectivity index (χ0) is 13.1. The van der Waals surface area contributed by atoms with Crippen molar-refractivity contribution in [3.8, 4) is 0 Å². The van der Waals surface area contributed by atoms with Crippen molar-refractivity contribution in [3.63, 3.8) is 0 Å². The van der Waals surface area contributed by atoms with Crippen molar-refractivity contribution in [2.24, 2.45) is 0 Å². The molecule has 0 radical (unpaired) electrons.